The largest absolute Gasteiger partial charge is 0.508 e. The summed E-state index contributed by atoms with van der Waals surface area (Å²) >= 11 is 0. The standard InChI is InChI=1S/C12H17NO2/c1-9(14)12(13(2)3)8-10-4-6-11(15)7-5-10/h4-7,12,15H,8H2,1-3H3. The number of benzene rings is 1. The van der Waals surface area contributed by atoms with Crippen LogP contribution in [0.15, 0.2) is 24.3 Å². The van der Waals surface area contributed by atoms with Crippen molar-refractivity contribution in [2.24, 2.45) is 0 Å². The van der Waals surface area contributed by atoms with Crippen molar-refractivity contribution < 1.29 is 9.90 Å². The Kier molecular flexibility index (Phi) is 3.86. The quantitative estimate of drug-likeness (QED) is 0.812. The number of aromatic hydroxyl groups is 1. The first kappa shape index (κ1) is 11.7. The number of likely N-dealkylation sites (N-methyl/N-ethyl adjacent to an activating group) is 1. The summed E-state index contributed by atoms with van der Waals surface area (Å²) in [5.74, 6) is 0.413. The molecule has 0 radical (unpaired) electrons. The predicted octanol–water partition coefficient (Wildman–Crippen LogP) is 1.45. The maximum Gasteiger partial charge on any atom is 0.147 e. The Bertz CT molecular complexity index is 330. The fourth-order valence-corrected chi connectivity index (χ4v) is 1.55. The van der Waals surface area contributed by atoms with Crippen molar-refractivity contribution in [3.8, 4) is 5.75 Å². The number of rotatable bonds is 4. The molecule has 0 saturated heterocycles. The molecule has 3 heteroatoms. The van der Waals surface area contributed by atoms with E-state index in [1.54, 1.807) is 19.1 Å². The van der Waals surface area contributed by atoms with E-state index in [1.165, 1.54) is 0 Å². The molecule has 3 nitrogen and oxygen atoms in total. The number of phenols is 1. The monoisotopic (exact) mass is 207 g/mol. The Hall–Kier alpha value is -1.35. The van der Waals surface area contributed by atoms with Crippen molar-refractivity contribution in [3.63, 3.8) is 0 Å². The molecule has 1 aromatic rings. The molecule has 0 aliphatic heterocycles. The highest BCUT2D eigenvalue weighted by molar-refractivity contribution is 5.81. The van der Waals surface area contributed by atoms with E-state index in [0.29, 0.717) is 6.42 Å². The zero-order valence-electron chi connectivity index (χ0n) is 9.40. The van der Waals surface area contributed by atoms with Gasteiger partial charge in [0.2, 0.25) is 0 Å². The maximum absolute atomic E-state index is 11.4. The molecule has 0 heterocycles. The smallest absolute Gasteiger partial charge is 0.147 e. The molecule has 0 aliphatic carbocycles. The first-order chi connectivity index (χ1) is 7.00. The molecular weight excluding hydrogens is 190 g/mol. The lowest BCUT2D eigenvalue weighted by atomic mass is 10.0. The molecule has 0 aliphatic rings. The Morgan fingerprint density at radius 1 is 1.33 bits per heavy atom. The Balaban J connectivity index is 2.74. The molecule has 1 atom stereocenters. The highest BCUT2D eigenvalue weighted by atomic mass is 16.3. The van der Waals surface area contributed by atoms with E-state index in [-0.39, 0.29) is 17.6 Å². The number of hydrogen-bond donors (Lipinski definition) is 1. The van der Waals surface area contributed by atoms with Crippen LogP contribution in [0.3, 0.4) is 0 Å². The van der Waals surface area contributed by atoms with Gasteiger partial charge in [0.15, 0.2) is 0 Å². The van der Waals surface area contributed by atoms with Crippen molar-refractivity contribution in [1.82, 2.24) is 4.90 Å². The summed E-state index contributed by atoms with van der Waals surface area (Å²) < 4.78 is 0. The van der Waals surface area contributed by atoms with Crippen LogP contribution in [0.5, 0.6) is 5.75 Å². The van der Waals surface area contributed by atoms with Crippen LogP contribution < -0.4 is 0 Å². The fourth-order valence-electron chi connectivity index (χ4n) is 1.55. The molecule has 15 heavy (non-hydrogen) atoms. The maximum atomic E-state index is 11.4. The van der Waals surface area contributed by atoms with Crippen molar-refractivity contribution in [2.75, 3.05) is 14.1 Å². The molecule has 0 fully saturated rings. The van der Waals surface area contributed by atoms with E-state index in [2.05, 4.69) is 0 Å². The third-order valence-corrected chi connectivity index (χ3v) is 2.46. The third kappa shape index (κ3) is 3.36. The van der Waals surface area contributed by atoms with Gasteiger partial charge in [-0.25, -0.2) is 0 Å². The van der Waals surface area contributed by atoms with Gasteiger partial charge in [0.25, 0.3) is 0 Å². The van der Waals surface area contributed by atoms with Gasteiger partial charge in [-0.2, -0.15) is 0 Å². The minimum absolute atomic E-state index is 0.0884. The summed E-state index contributed by atoms with van der Waals surface area (Å²) in [5.41, 5.74) is 1.06. The van der Waals surface area contributed by atoms with Crippen molar-refractivity contribution in [3.05, 3.63) is 29.8 Å². The van der Waals surface area contributed by atoms with Gasteiger partial charge in [0.05, 0.1) is 6.04 Å². The van der Waals surface area contributed by atoms with Gasteiger partial charge in [0, 0.05) is 0 Å². The number of carbonyl (C=O) groups is 1. The zero-order chi connectivity index (χ0) is 11.4. The Morgan fingerprint density at radius 2 is 1.87 bits per heavy atom. The van der Waals surface area contributed by atoms with Gasteiger partial charge in [-0.3, -0.25) is 9.69 Å². The van der Waals surface area contributed by atoms with Crippen LogP contribution in [-0.2, 0) is 11.2 Å². The topological polar surface area (TPSA) is 40.5 Å². The lowest BCUT2D eigenvalue weighted by Gasteiger charge is -2.21. The fraction of sp³-hybridized carbons (Fsp3) is 0.417. The minimum Gasteiger partial charge on any atom is -0.508 e. The summed E-state index contributed by atoms with van der Waals surface area (Å²) in [6.45, 7) is 1.60. The SMILES string of the molecule is CC(=O)C(Cc1ccc(O)cc1)N(C)C. The second kappa shape index (κ2) is 4.94. The van der Waals surface area contributed by atoms with Crippen LogP contribution in [0, 0.1) is 0 Å². The first-order valence-corrected chi connectivity index (χ1v) is 4.95. The lowest BCUT2D eigenvalue weighted by Crippen LogP contribution is -2.36. The van der Waals surface area contributed by atoms with Crippen LogP contribution in [0.2, 0.25) is 0 Å². The van der Waals surface area contributed by atoms with E-state index in [1.807, 2.05) is 31.1 Å². The molecule has 82 valence electrons. The van der Waals surface area contributed by atoms with Gasteiger partial charge in [-0.1, -0.05) is 12.1 Å². The molecule has 1 N–H and O–H groups in total. The van der Waals surface area contributed by atoms with Crippen LogP contribution in [-0.4, -0.2) is 35.9 Å². The third-order valence-electron chi connectivity index (χ3n) is 2.46. The van der Waals surface area contributed by atoms with Crippen molar-refractivity contribution in [2.45, 2.75) is 19.4 Å². The van der Waals surface area contributed by atoms with Crippen LogP contribution in [0.1, 0.15) is 12.5 Å². The van der Waals surface area contributed by atoms with E-state index >= 15 is 0 Å². The number of carbonyl (C=O) groups excluding carboxylic acids is 1. The van der Waals surface area contributed by atoms with Gasteiger partial charge in [0.1, 0.15) is 11.5 Å². The number of phenolic OH excluding ortho intramolecular Hbond substituents is 1. The predicted molar refractivity (Wildman–Crippen MR) is 60.0 cm³/mol. The Morgan fingerprint density at radius 3 is 2.27 bits per heavy atom. The molecule has 0 amide bonds. The number of nitrogens with zero attached hydrogens (tertiary/aromatic N) is 1. The lowest BCUT2D eigenvalue weighted by molar-refractivity contribution is -0.121. The van der Waals surface area contributed by atoms with Gasteiger partial charge in [-0.15, -0.1) is 0 Å². The van der Waals surface area contributed by atoms with Gasteiger partial charge >= 0.3 is 0 Å². The second-order valence-corrected chi connectivity index (χ2v) is 3.96. The Labute approximate surface area is 90.3 Å². The highest BCUT2D eigenvalue weighted by Gasteiger charge is 2.16. The van der Waals surface area contributed by atoms with E-state index in [4.69, 9.17) is 5.11 Å². The van der Waals surface area contributed by atoms with Crippen LogP contribution in [0.4, 0.5) is 0 Å². The molecule has 1 aromatic carbocycles. The first-order valence-electron chi connectivity index (χ1n) is 4.95. The van der Waals surface area contributed by atoms with Gasteiger partial charge < -0.3 is 5.11 Å². The molecule has 0 spiro atoms. The van der Waals surface area contributed by atoms with E-state index in [9.17, 15) is 4.79 Å². The summed E-state index contributed by atoms with van der Waals surface area (Å²) in [6, 6.07) is 6.88. The second-order valence-electron chi connectivity index (χ2n) is 3.96. The highest BCUT2D eigenvalue weighted by Crippen LogP contribution is 2.13. The minimum atomic E-state index is -0.0884. The summed E-state index contributed by atoms with van der Waals surface area (Å²) in [7, 11) is 3.79. The molecule has 1 rings (SSSR count). The molecule has 1 unspecified atom stereocenters. The number of Topliss-reactive ketones (excluding diaryl/α,β-unsaturated/α-hetero) is 1. The summed E-state index contributed by atoms with van der Waals surface area (Å²) in [4.78, 5) is 13.3. The zero-order valence-corrected chi connectivity index (χ0v) is 9.40. The van der Waals surface area contributed by atoms with Crippen LogP contribution in [0.25, 0.3) is 0 Å². The average molecular weight is 207 g/mol. The molecular formula is C12H17NO2. The van der Waals surface area contributed by atoms with E-state index < -0.39 is 0 Å². The van der Waals surface area contributed by atoms with Crippen molar-refractivity contribution in [1.29, 1.82) is 0 Å². The summed E-state index contributed by atoms with van der Waals surface area (Å²) in [6.07, 6.45) is 0.683. The normalized spacial score (nSPS) is 12.8. The van der Waals surface area contributed by atoms with Gasteiger partial charge in [-0.05, 0) is 45.1 Å². The molecule has 0 aromatic heterocycles. The number of ketones is 1. The van der Waals surface area contributed by atoms with Crippen molar-refractivity contribution >= 4 is 5.78 Å². The number of hydrogen-bond acceptors (Lipinski definition) is 3. The summed E-state index contributed by atoms with van der Waals surface area (Å²) in [5, 5.41) is 9.13. The molecule has 0 saturated carbocycles. The average Bonchev–Trinajstić information content (AvgIpc) is 2.15. The molecule has 0 bridgehead atoms. The van der Waals surface area contributed by atoms with Crippen LogP contribution >= 0.6 is 0 Å². The van der Waals surface area contributed by atoms with E-state index in [0.717, 1.165) is 5.56 Å².